The highest BCUT2D eigenvalue weighted by Crippen LogP contribution is 2.55. The largest absolute Gasteiger partial charge is 0.487 e. The molecule has 2 aromatic carbocycles. The van der Waals surface area contributed by atoms with E-state index < -0.39 is 10.0 Å². The smallest absolute Gasteiger partial charge is 0.240 e. The van der Waals surface area contributed by atoms with Gasteiger partial charge in [-0.15, -0.1) is 0 Å². The minimum Gasteiger partial charge on any atom is -0.487 e. The van der Waals surface area contributed by atoms with Crippen molar-refractivity contribution in [2.24, 2.45) is 5.92 Å². The molecule has 0 amide bonds. The van der Waals surface area contributed by atoms with Gasteiger partial charge in [0, 0.05) is 23.6 Å². The quantitative estimate of drug-likeness (QED) is 0.650. The average molecular weight is 450 g/mol. The minimum absolute atomic E-state index is 0.0475. The lowest BCUT2D eigenvalue weighted by atomic mass is 9.75. The Hall–Kier alpha value is -1.60. The number of ether oxygens (including phenoxy) is 2. The Morgan fingerprint density at radius 2 is 1.90 bits per heavy atom. The van der Waals surface area contributed by atoms with Crippen LogP contribution in [0.2, 0.25) is 5.02 Å². The molecule has 2 aromatic rings. The second-order valence-electron chi connectivity index (χ2n) is 8.80. The van der Waals surface area contributed by atoms with Crippen molar-refractivity contribution in [2.45, 2.75) is 68.8 Å². The summed E-state index contributed by atoms with van der Waals surface area (Å²) in [4.78, 5) is 0.215. The molecule has 2 fully saturated rings. The van der Waals surface area contributed by atoms with E-state index in [1.807, 2.05) is 12.1 Å². The maximum atomic E-state index is 12.6. The number of fused-ring (bicyclic) bond motifs is 2. The molecule has 1 N–H and O–H groups in total. The van der Waals surface area contributed by atoms with Crippen molar-refractivity contribution >= 4 is 21.6 Å². The van der Waals surface area contributed by atoms with E-state index in [0.29, 0.717) is 22.3 Å². The van der Waals surface area contributed by atoms with Gasteiger partial charge in [0.05, 0.1) is 10.5 Å². The summed E-state index contributed by atoms with van der Waals surface area (Å²) in [7, 11) is -3.65. The topological polar surface area (TPSA) is 64.6 Å². The number of benzene rings is 2. The fourth-order valence-corrected chi connectivity index (χ4v) is 5.81. The van der Waals surface area contributed by atoms with Crippen molar-refractivity contribution in [1.82, 2.24) is 4.72 Å². The fourth-order valence-electron chi connectivity index (χ4n) is 4.56. The van der Waals surface area contributed by atoms with Crippen LogP contribution >= 0.6 is 11.6 Å². The van der Waals surface area contributed by atoms with Crippen molar-refractivity contribution < 1.29 is 17.9 Å². The van der Waals surface area contributed by atoms with Crippen LogP contribution in [-0.2, 0) is 21.3 Å². The van der Waals surface area contributed by atoms with Crippen LogP contribution in [-0.4, -0.2) is 25.7 Å². The molecule has 162 valence electrons. The first kappa shape index (κ1) is 21.6. The maximum absolute atomic E-state index is 12.6. The highest BCUT2D eigenvalue weighted by Gasteiger charge is 2.61. The first-order valence-electron chi connectivity index (χ1n) is 10.3. The summed E-state index contributed by atoms with van der Waals surface area (Å²) < 4.78 is 40.8. The normalized spacial score (nSPS) is 28.2. The predicted octanol–water partition coefficient (Wildman–Crippen LogP) is 4.93. The van der Waals surface area contributed by atoms with Gasteiger partial charge < -0.3 is 9.47 Å². The van der Waals surface area contributed by atoms with Gasteiger partial charge in [0.2, 0.25) is 10.0 Å². The Bertz CT molecular complexity index is 1030. The summed E-state index contributed by atoms with van der Waals surface area (Å²) in [5, 5.41) is 0.469. The molecule has 5 nitrogen and oxygen atoms in total. The third-order valence-electron chi connectivity index (χ3n) is 6.58. The monoisotopic (exact) mass is 449 g/mol. The average Bonchev–Trinajstić information content (AvgIpc) is 3.20. The van der Waals surface area contributed by atoms with Crippen LogP contribution in [0.25, 0.3) is 0 Å². The summed E-state index contributed by atoms with van der Waals surface area (Å²) >= 11 is 6.44. The van der Waals surface area contributed by atoms with Gasteiger partial charge in [0.25, 0.3) is 0 Å². The molecule has 2 bridgehead atoms. The van der Waals surface area contributed by atoms with Crippen LogP contribution in [0.15, 0.2) is 53.4 Å². The van der Waals surface area contributed by atoms with Crippen LogP contribution in [0.3, 0.4) is 0 Å². The van der Waals surface area contributed by atoms with Crippen molar-refractivity contribution in [3.8, 4) is 5.75 Å². The third-order valence-corrected chi connectivity index (χ3v) is 8.35. The third kappa shape index (κ3) is 3.86. The highest BCUT2D eigenvalue weighted by molar-refractivity contribution is 7.89. The van der Waals surface area contributed by atoms with Gasteiger partial charge in [0.15, 0.2) is 0 Å². The van der Waals surface area contributed by atoms with Crippen LogP contribution in [0.5, 0.6) is 5.75 Å². The molecular formula is C23H28ClNO4S. The second-order valence-corrected chi connectivity index (χ2v) is 11.0. The van der Waals surface area contributed by atoms with Crippen LogP contribution < -0.4 is 9.46 Å². The van der Waals surface area contributed by atoms with E-state index in [1.54, 1.807) is 36.4 Å². The van der Waals surface area contributed by atoms with Crippen LogP contribution in [0, 0.1) is 5.92 Å². The zero-order chi connectivity index (χ0) is 21.6. The summed E-state index contributed by atoms with van der Waals surface area (Å²) in [6.07, 6.45) is 2.71. The zero-order valence-electron chi connectivity index (χ0n) is 17.5. The second kappa shape index (κ2) is 7.83. The van der Waals surface area contributed by atoms with Gasteiger partial charge >= 0.3 is 0 Å². The molecule has 7 heteroatoms. The zero-order valence-corrected chi connectivity index (χ0v) is 19.1. The van der Waals surface area contributed by atoms with Gasteiger partial charge in [-0.25, -0.2) is 13.1 Å². The number of sulfonamides is 1. The summed E-state index contributed by atoms with van der Waals surface area (Å²) in [5.41, 5.74) is 0.143. The standard InChI is InChI=1S/C23H28ClNO4S/c1-16(2)23-13-12-22(3,29-23)21(14-23)28-20-11-7-10-19(24)18(20)15-25-30(26,27)17-8-5-4-6-9-17/h4-11,16,21,25H,12-15H2,1-3H3. The number of halogens is 1. The Kier molecular flexibility index (Phi) is 5.64. The van der Waals surface area contributed by atoms with Crippen molar-refractivity contribution in [3.05, 3.63) is 59.1 Å². The Balaban J connectivity index is 1.55. The summed E-state index contributed by atoms with van der Waals surface area (Å²) in [5.74, 6) is 1.00. The summed E-state index contributed by atoms with van der Waals surface area (Å²) in [6, 6.07) is 13.7. The first-order valence-corrected chi connectivity index (χ1v) is 12.2. The molecule has 0 aliphatic carbocycles. The van der Waals surface area contributed by atoms with E-state index >= 15 is 0 Å². The highest BCUT2D eigenvalue weighted by atomic mass is 35.5. The fraction of sp³-hybridized carbons (Fsp3) is 0.478. The molecule has 0 spiro atoms. The predicted molar refractivity (Wildman–Crippen MR) is 117 cm³/mol. The van der Waals surface area contributed by atoms with Gasteiger partial charge in [-0.05, 0) is 49.9 Å². The molecule has 3 unspecified atom stereocenters. The lowest BCUT2D eigenvalue weighted by Gasteiger charge is -2.32. The number of hydrogen-bond acceptors (Lipinski definition) is 4. The summed E-state index contributed by atoms with van der Waals surface area (Å²) in [6.45, 7) is 6.54. The number of rotatable bonds is 7. The van der Waals surface area contributed by atoms with E-state index in [4.69, 9.17) is 21.1 Å². The lowest BCUT2D eigenvalue weighted by Crippen LogP contribution is -2.40. The van der Waals surface area contributed by atoms with E-state index in [0.717, 1.165) is 19.3 Å². The van der Waals surface area contributed by atoms with Gasteiger partial charge in [0.1, 0.15) is 17.5 Å². The van der Waals surface area contributed by atoms with Crippen molar-refractivity contribution in [2.75, 3.05) is 0 Å². The van der Waals surface area contributed by atoms with Gasteiger partial charge in [-0.3, -0.25) is 0 Å². The maximum Gasteiger partial charge on any atom is 0.240 e. The molecule has 2 heterocycles. The molecule has 0 radical (unpaired) electrons. The lowest BCUT2D eigenvalue weighted by molar-refractivity contribution is -0.0770. The van der Waals surface area contributed by atoms with Crippen LogP contribution in [0.1, 0.15) is 45.6 Å². The Morgan fingerprint density at radius 3 is 2.57 bits per heavy atom. The van der Waals surface area contributed by atoms with Crippen molar-refractivity contribution in [3.63, 3.8) is 0 Å². The van der Waals surface area contributed by atoms with Crippen LogP contribution in [0.4, 0.5) is 0 Å². The van der Waals surface area contributed by atoms with Crippen molar-refractivity contribution in [1.29, 1.82) is 0 Å². The Labute approximate surface area is 183 Å². The number of nitrogens with one attached hydrogen (secondary N) is 1. The molecule has 0 saturated carbocycles. The molecule has 2 saturated heterocycles. The Morgan fingerprint density at radius 1 is 1.17 bits per heavy atom. The SMILES string of the molecule is CC(C)C12CCC(C)(O1)C(Oc1cccc(Cl)c1CNS(=O)(=O)c1ccccc1)C2. The molecular weight excluding hydrogens is 422 g/mol. The van der Waals surface area contributed by atoms with E-state index in [-0.39, 0.29) is 28.7 Å². The molecule has 3 atom stereocenters. The molecule has 0 aromatic heterocycles. The molecule has 2 aliphatic heterocycles. The van der Waals surface area contributed by atoms with E-state index in [1.165, 1.54) is 0 Å². The van der Waals surface area contributed by atoms with Gasteiger partial charge in [-0.2, -0.15) is 0 Å². The molecule has 2 aliphatic rings. The van der Waals surface area contributed by atoms with E-state index in [9.17, 15) is 8.42 Å². The number of hydrogen-bond donors (Lipinski definition) is 1. The van der Waals surface area contributed by atoms with E-state index in [2.05, 4.69) is 25.5 Å². The minimum atomic E-state index is -3.65. The van der Waals surface area contributed by atoms with Gasteiger partial charge in [-0.1, -0.05) is 49.7 Å². The molecule has 30 heavy (non-hydrogen) atoms. The first-order chi connectivity index (χ1) is 14.2. The molecule has 4 rings (SSSR count).